The van der Waals surface area contributed by atoms with E-state index >= 15 is 0 Å². The Kier molecular flexibility index (Phi) is 4.40. The molecule has 0 bridgehead atoms. The molecule has 0 saturated carbocycles. The van der Waals surface area contributed by atoms with E-state index in [9.17, 15) is 8.78 Å². The summed E-state index contributed by atoms with van der Waals surface area (Å²) in [5.74, 6) is -0.867. The predicted molar refractivity (Wildman–Crippen MR) is 105 cm³/mol. The second-order valence-corrected chi connectivity index (χ2v) is 7.60. The monoisotopic (exact) mass is 373 g/mol. The molecule has 0 aliphatic carbocycles. The summed E-state index contributed by atoms with van der Waals surface area (Å²) in [6, 6.07) is 10.1. The molecule has 2 aromatic rings. The third-order valence-electron chi connectivity index (χ3n) is 5.34. The van der Waals surface area contributed by atoms with Crippen LogP contribution >= 0.6 is 12.2 Å². The van der Waals surface area contributed by atoms with Crippen molar-refractivity contribution in [3.05, 3.63) is 59.2 Å². The van der Waals surface area contributed by atoms with Crippen LogP contribution < -0.4 is 10.2 Å². The fraction of sp³-hybridized carbons (Fsp3) is 0.350. The highest BCUT2D eigenvalue weighted by molar-refractivity contribution is 7.80. The maximum atomic E-state index is 14.0. The molecule has 1 fully saturated rings. The molecule has 1 saturated heterocycles. The van der Waals surface area contributed by atoms with E-state index in [4.69, 9.17) is 12.2 Å². The second kappa shape index (κ2) is 6.59. The minimum atomic E-state index is -0.643. The lowest BCUT2D eigenvalue weighted by molar-refractivity contribution is 0.237. The zero-order valence-corrected chi connectivity index (χ0v) is 15.6. The standard InChI is InChI=1S/C20H21F2N3S/c1-12-3-6-18-14(9-12)15-11-24(2)8-7-19(15)25(18)20(26)23-17-5-4-13(21)10-16(17)22/h3-6,9-10,15,19H,7-8,11H2,1-2H3,(H,23,26). The van der Waals surface area contributed by atoms with Gasteiger partial charge in [0.2, 0.25) is 0 Å². The average molecular weight is 373 g/mol. The first-order chi connectivity index (χ1) is 12.4. The molecule has 2 atom stereocenters. The molecule has 0 amide bonds. The molecule has 2 aliphatic heterocycles. The van der Waals surface area contributed by atoms with E-state index in [2.05, 4.69) is 47.3 Å². The zero-order valence-electron chi connectivity index (χ0n) is 14.8. The summed E-state index contributed by atoms with van der Waals surface area (Å²) in [5.41, 5.74) is 3.80. The molecule has 2 aliphatic rings. The highest BCUT2D eigenvalue weighted by Crippen LogP contribution is 2.45. The van der Waals surface area contributed by atoms with Gasteiger partial charge in [-0.05, 0) is 62.9 Å². The highest BCUT2D eigenvalue weighted by Gasteiger charge is 2.42. The van der Waals surface area contributed by atoms with E-state index in [-0.39, 0.29) is 11.7 Å². The van der Waals surface area contributed by atoms with Crippen LogP contribution in [0.25, 0.3) is 0 Å². The van der Waals surface area contributed by atoms with Crippen molar-refractivity contribution in [1.82, 2.24) is 4.90 Å². The second-order valence-electron chi connectivity index (χ2n) is 7.21. The summed E-state index contributed by atoms with van der Waals surface area (Å²) in [7, 11) is 2.14. The van der Waals surface area contributed by atoms with Crippen molar-refractivity contribution in [3.63, 3.8) is 0 Å². The van der Waals surface area contributed by atoms with Gasteiger partial charge in [0.15, 0.2) is 5.11 Å². The zero-order chi connectivity index (χ0) is 18.4. The van der Waals surface area contributed by atoms with Crippen molar-refractivity contribution in [3.8, 4) is 0 Å². The maximum Gasteiger partial charge on any atom is 0.178 e. The van der Waals surface area contributed by atoms with Crippen LogP contribution in [0, 0.1) is 18.6 Å². The number of likely N-dealkylation sites (tertiary alicyclic amines) is 1. The van der Waals surface area contributed by atoms with Crippen molar-refractivity contribution in [2.75, 3.05) is 30.4 Å². The Hall–Kier alpha value is -2.05. The molecule has 136 valence electrons. The first-order valence-corrected chi connectivity index (χ1v) is 9.19. The number of anilines is 2. The minimum Gasteiger partial charge on any atom is -0.330 e. The number of hydrogen-bond acceptors (Lipinski definition) is 2. The Morgan fingerprint density at radius 3 is 2.77 bits per heavy atom. The van der Waals surface area contributed by atoms with Crippen molar-refractivity contribution in [2.24, 2.45) is 0 Å². The lowest BCUT2D eigenvalue weighted by Crippen LogP contribution is -2.48. The SMILES string of the molecule is Cc1ccc2c(c1)C1CN(C)CCC1N2C(=S)Nc1ccc(F)cc1F. The lowest BCUT2D eigenvalue weighted by atomic mass is 9.89. The van der Waals surface area contributed by atoms with Crippen molar-refractivity contribution >= 4 is 28.7 Å². The van der Waals surface area contributed by atoms with Gasteiger partial charge in [-0.15, -0.1) is 0 Å². The molecule has 26 heavy (non-hydrogen) atoms. The Morgan fingerprint density at radius 2 is 2.00 bits per heavy atom. The van der Waals surface area contributed by atoms with Gasteiger partial charge in [-0.1, -0.05) is 17.7 Å². The van der Waals surface area contributed by atoms with E-state index in [0.29, 0.717) is 11.0 Å². The van der Waals surface area contributed by atoms with Gasteiger partial charge in [0.05, 0.1) is 5.69 Å². The van der Waals surface area contributed by atoms with Crippen LogP contribution in [0.1, 0.15) is 23.5 Å². The van der Waals surface area contributed by atoms with Gasteiger partial charge in [-0.2, -0.15) is 0 Å². The number of piperidine rings is 1. The van der Waals surface area contributed by atoms with Gasteiger partial charge in [0.1, 0.15) is 11.6 Å². The number of thiocarbonyl (C=S) groups is 1. The quantitative estimate of drug-likeness (QED) is 0.752. The summed E-state index contributed by atoms with van der Waals surface area (Å²) in [6.07, 6.45) is 0.989. The van der Waals surface area contributed by atoms with Gasteiger partial charge in [0.25, 0.3) is 0 Å². The van der Waals surface area contributed by atoms with E-state index in [0.717, 1.165) is 31.3 Å². The van der Waals surface area contributed by atoms with Gasteiger partial charge >= 0.3 is 0 Å². The molecule has 6 heteroatoms. The highest BCUT2D eigenvalue weighted by atomic mass is 32.1. The number of hydrogen-bond donors (Lipinski definition) is 1. The molecule has 2 heterocycles. The molecule has 2 aromatic carbocycles. The lowest BCUT2D eigenvalue weighted by Gasteiger charge is -2.37. The summed E-state index contributed by atoms with van der Waals surface area (Å²) in [5, 5.41) is 3.44. The largest absolute Gasteiger partial charge is 0.330 e. The van der Waals surface area contributed by atoms with Crippen molar-refractivity contribution < 1.29 is 8.78 Å². The van der Waals surface area contributed by atoms with E-state index < -0.39 is 11.6 Å². The number of nitrogens with zero attached hydrogens (tertiary/aromatic N) is 2. The number of halogens is 2. The van der Waals surface area contributed by atoms with Crippen LogP contribution in [0.5, 0.6) is 0 Å². The number of benzene rings is 2. The van der Waals surface area contributed by atoms with Crippen LogP contribution in [0.15, 0.2) is 36.4 Å². The molecule has 0 radical (unpaired) electrons. The van der Waals surface area contributed by atoms with Gasteiger partial charge in [-0.3, -0.25) is 0 Å². The predicted octanol–water partition coefficient (Wildman–Crippen LogP) is 4.28. The third kappa shape index (κ3) is 2.97. The first kappa shape index (κ1) is 17.4. The number of fused-ring (bicyclic) bond motifs is 3. The molecule has 0 aromatic heterocycles. The Labute approximate surface area is 157 Å². The van der Waals surface area contributed by atoms with Crippen LogP contribution in [-0.4, -0.2) is 36.2 Å². The molecule has 1 N–H and O–H groups in total. The Morgan fingerprint density at radius 1 is 1.19 bits per heavy atom. The number of nitrogens with one attached hydrogen (secondary N) is 1. The number of likely N-dealkylation sites (N-methyl/N-ethyl adjacent to an activating group) is 1. The number of aryl methyl sites for hydroxylation is 1. The number of rotatable bonds is 1. The van der Waals surface area contributed by atoms with Gasteiger partial charge < -0.3 is 15.1 Å². The van der Waals surface area contributed by atoms with Gasteiger partial charge in [0, 0.05) is 30.3 Å². The molecule has 3 nitrogen and oxygen atoms in total. The van der Waals surface area contributed by atoms with E-state index in [1.807, 2.05) is 0 Å². The van der Waals surface area contributed by atoms with Crippen LogP contribution in [0.3, 0.4) is 0 Å². The third-order valence-corrected chi connectivity index (χ3v) is 5.64. The van der Waals surface area contributed by atoms with E-state index in [1.165, 1.54) is 23.3 Å². The first-order valence-electron chi connectivity index (χ1n) is 8.78. The summed E-state index contributed by atoms with van der Waals surface area (Å²) in [4.78, 5) is 4.46. The molecule has 0 spiro atoms. The smallest absolute Gasteiger partial charge is 0.178 e. The Balaban J connectivity index is 1.68. The van der Waals surface area contributed by atoms with Crippen LogP contribution in [0.4, 0.5) is 20.2 Å². The average Bonchev–Trinajstić information content (AvgIpc) is 2.90. The summed E-state index contributed by atoms with van der Waals surface area (Å²) in [6.45, 7) is 4.07. The fourth-order valence-electron chi connectivity index (χ4n) is 4.11. The Bertz CT molecular complexity index is 870. The van der Waals surface area contributed by atoms with Crippen LogP contribution in [0.2, 0.25) is 0 Å². The fourth-order valence-corrected chi connectivity index (χ4v) is 4.46. The summed E-state index contributed by atoms with van der Waals surface area (Å²) >= 11 is 5.64. The van der Waals surface area contributed by atoms with Gasteiger partial charge in [-0.25, -0.2) is 8.78 Å². The molecule has 4 rings (SSSR count). The van der Waals surface area contributed by atoms with Crippen LogP contribution in [-0.2, 0) is 0 Å². The molecule has 2 unspecified atom stereocenters. The topological polar surface area (TPSA) is 18.5 Å². The minimum absolute atomic E-state index is 0.196. The molecular weight excluding hydrogens is 352 g/mol. The maximum absolute atomic E-state index is 14.0. The molecular formula is C20H21F2N3S. The van der Waals surface area contributed by atoms with E-state index in [1.54, 1.807) is 0 Å². The normalized spacial score (nSPS) is 22.1. The van der Waals surface area contributed by atoms with Crippen molar-refractivity contribution in [1.29, 1.82) is 0 Å². The summed E-state index contributed by atoms with van der Waals surface area (Å²) < 4.78 is 27.2. The van der Waals surface area contributed by atoms with Crippen molar-refractivity contribution in [2.45, 2.75) is 25.3 Å².